The van der Waals surface area contributed by atoms with E-state index in [2.05, 4.69) is 0 Å². The van der Waals surface area contributed by atoms with Crippen molar-refractivity contribution in [3.05, 3.63) is 35.6 Å². The molecule has 0 aromatic heterocycles. The minimum Gasteiger partial charge on any atom is -0.365 e. The molecule has 2 aliphatic rings. The van der Waals surface area contributed by atoms with Gasteiger partial charge in [-0.1, -0.05) is 12.1 Å². The van der Waals surface area contributed by atoms with Gasteiger partial charge < -0.3 is 4.74 Å². The lowest BCUT2D eigenvalue weighted by Crippen LogP contribution is -2.45. The summed E-state index contributed by atoms with van der Waals surface area (Å²) in [5, 5.41) is 1.42. The van der Waals surface area contributed by atoms with E-state index in [4.69, 9.17) is 9.57 Å². The molecular formula is C15H18FNO3. The third kappa shape index (κ3) is 2.31. The number of ether oxygens (including phenoxy) is 1. The van der Waals surface area contributed by atoms with Crippen LogP contribution in [0.3, 0.4) is 0 Å². The van der Waals surface area contributed by atoms with E-state index in [1.54, 1.807) is 12.1 Å². The standard InChI is InChI=1S/C15H18FNO3/c1-15(8-2-9-19-15)14(18)17-13(7-10-20-17)11-3-5-12(16)6-4-11/h3-6,13H,2,7-10H2,1H3/t13-,15+/m0/s1. The molecule has 1 aromatic carbocycles. The second-order valence-corrected chi connectivity index (χ2v) is 5.50. The van der Waals surface area contributed by atoms with Crippen molar-refractivity contribution in [3.63, 3.8) is 0 Å². The van der Waals surface area contributed by atoms with Crippen molar-refractivity contribution in [1.82, 2.24) is 5.06 Å². The number of nitrogens with zero attached hydrogens (tertiary/aromatic N) is 1. The Labute approximate surface area is 117 Å². The molecule has 1 amide bonds. The van der Waals surface area contributed by atoms with Crippen molar-refractivity contribution in [3.8, 4) is 0 Å². The maximum Gasteiger partial charge on any atom is 0.278 e. The van der Waals surface area contributed by atoms with Crippen molar-refractivity contribution in [2.24, 2.45) is 0 Å². The van der Waals surface area contributed by atoms with Crippen LogP contribution in [0.25, 0.3) is 0 Å². The van der Waals surface area contributed by atoms with Gasteiger partial charge in [0.1, 0.15) is 11.4 Å². The maximum absolute atomic E-state index is 13.0. The zero-order chi connectivity index (χ0) is 14.2. The Kier molecular flexibility index (Phi) is 3.48. The average Bonchev–Trinajstić information content (AvgIpc) is 3.08. The first-order valence-corrected chi connectivity index (χ1v) is 6.96. The van der Waals surface area contributed by atoms with Crippen LogP contribution in [0.5, 0.6) is 0 Å². The molecule has 2 aliphatic heterocycles. The van der Waals surface area contributed by atoms with Crippen LogP contribution in [0.2, 0.25) is 0 Å². The number of benzene rings is 1. The van der Waals surface area contributed by atoms with Gasteiger partial charge in [0.05, 0.1) is 12.6 Å². The molecule has 2 heterocycles. The molecule has 3 rings (SSSR count). The lowest BCUT2D eigenvalue weighted by molar-refractivity contribution is -0.196. The molecule has 2 fully saturated rings. The Morgan fingerprint density at radius 3 is 2.75 bits per heavy atom. The Morgan fingerprint density at radius 2 is 2.10 bits per heavy atom. The normalized spacial score (nSPS) is 29.9. The molecule has 108 valence electrons. The van der Waals surface area contributed by atoms with Crippen LogP contribution in [-0.4, -0.2) is 29.8 Å². The predicted octanol–water partition coefficient (Wildman–Crippen LogP) is 2.60. The van der Waals surface area contributed by atoms with E-state index in [-0.39, 0.29) is 17.8 Å². The largest absolute Gasteiger partial charge is 0.365 e. The first kappa shape index (κ1) is 13.5. The van der Waals surface area contributed by atoms with Crippen LogP contribution < -0.4 is 0 Å². The molecule has 5 heteroatoms. The van der Waals surface area contributed by atoms with E-state index < -0.39 is 5.60 Å². The molecule has 0 unspecified atom stereocenters. The monoisotopic (exact) mass is 279 g/mol. The van der Waals surface area contributed by atoms with Gasteiger partial charge in [-0.15, -0.1) is 0 Å². The zero-order valence-corrected chi connectivity index (χ0v) is 11.5. The van der Waals surface area contributed by atoms with Crippen molar-refractivity contribution in [2.45, 2.75) is 37.8 Å². The number of carbonyl (C=O) groups is 1. The molecule has 0 bridgehead atoms. The van der Waals surface area contributed by atoms with Gasteiger partial charge in [0.15, 0.2) is 0 Å². The molecule has 0 spiro atoms. The van der Waals surface area contributed by atoms with Crippen LogP contribution in [0.4, 0.5) is 4.39 Å². The van der Waals surface area contributed by atoms with Gasteiger partial charge >= 0.3 is 0 Å². The summed E-state index contributed by atoms with van der Waals surface area (Å²) < 4.78 is 18.6. The van der Waals surface area contributed by atoms with Crippen LogP contribution in [0, 0.1) is 5.82 Å². The Balaban J connectivity index is 1.81. The zero-order valence-electron chi connectivity index (χ0n) is 11.5. The molecule has 0 radical (unpaired) electrons. The van der Waals surface area contributed by atoms with Crippen molar-refractivity contribution >= 4 is 5.91 Å². The smallest absolute Gasteiger partial charge is 0.278 e. The van der Waals surface area contributed by atoms with Gasteiger partial charge in [-0.05, 0) is 37.5 Å². The summed E-state index contributed by atoms with van der Waals surface area (Å²) in [4.78, 5) is 18.1. The van der Waals surface area contributed by atoms with Crippen molar-refractivity contribution < 1.29 is 18.8 Å². The van der Waals surface area contributed by atoms with Crippen LogP contribution in [-0.2, 0) is 14.4 Å². The highest BCUT2D eigenvalue weighted by molar-refractivity contribution is 5.84. The van der Waals surface area contributed by atoms with Crippen LogP contribution in [0.15, 0.2) is 24.3 Å². The summed E-state index contributed by atoms with van der Waals surface area (Å²) in [6.45, 7) is 2.91. The number of hydrogen-bond donors (Lipinski definition) is 0. The molecule has 4 nitrogen and oxygen atoms in total. The first-order chi connectivity index (χ1) is 9.60. The lowest BCUT2D eigenvalue weighted by atomic mass is 9.99. The van der Waals surface area contributed by atoms with Gasteiger partial charge in [-0.25, -0.2) is 9.45 Å². The van der Waals surface area contributed by atoms with Gasteiger partial charge in [-0.2, -0.15) is 0 Å². The van der Waals surface area contributed by atoms with Gasteiger partial charge in [0.25, 0.3) is 5.91 Å². The number of hydrogen-bond acceptors (Lipinski definition) is 3. The molecule has 2 saturated heterocycles. The number of amides is 1. The summed E-state index contributed by atoms with van der Waals surface area (Å²) >= 11 is 0. The van der Waals surface area contributed by atoms with Crippen LogP contribution in [0.1, 0.15) is 37.8 Å². The second kappa shape index (κ2) is 5.14. The van der Waals surface area contributed by atoms with Crippen molar-refractivity contribution in [1.29, 1.82) is 0 Å². The third-order valence-electron chi connectivity index (χ3n) is 4.03. The van der Waals surface area contributed by atoms with Crippen LogP contribution >= 0.6 is 0 Å². The molecule has 0 N–H and O–H groups in total. The Bertz CT molecular complexity index is 496. The van der Waals surface area contributed by atoms with E-state index in [0.29, 0.717) is 26.1 Å². The minimum absolute atomic E-state index is 0.137. The second-order valence-electron chi connectivity index (χ2n) is 5.50. The van der Waals surface area contributed by atoms with E-state index in [0.717, 1.165) is 12.0 Å². The third-order valence-corrected chi connectivity index (χ3v) is 4.03. The van der Waals surface area contributed by atoms with E-state index in [9.17, 15) is 9.18 Å². The minimum atomic E-state index is -0.789. The average molecular weight is 279 g/mol. The fraction of sp³-hybridized carbons (Fsp3) is 0.533. The number of halogens is 1. The predicted molar refractivity (Wildman–Crippen MR) is 70.1 cm³/mol. The Morgan fingerprint density at radius 1 is 1.35 bits per heavy atom. The molecule has 2 atom stereocenters. The number of rotatable bonds is 2. The molecule has 20 heavy (non-hydrogen) atoms. The highest BCUT2D eigenvalue weighted by Crippen LogP contribution is 2.36. The van der Waals surface area contributed by atoms with E-state index >= 15 is 0 Å². The Hall–Kier alpha value is -1.46. The molecular weight excluding hydrogens is 261 g/mol. The lowest BCUT2D eigenvalue weighted by Gasteiger charge is -2.30. The molecule has 1 aromatic rings. The van der Waals surface area contributed by atoms with E-state index in [1.807, 2.05) is 6.92 Å². The summed E-state index contributed by atoms with van der Waals surface area (Å²) in [7, 11) is 0. The van der Waals surface area contributed by atoms with E-state index in [1.165, 1.54) is 17.2 Å². The summed E-state index contributed by atoms with van der Waals surface area (Å²) in [5.41, 5.74) is 0.0988. The first-order valence-electron chi connectivity index (χ1n) is 6.96. The highest BCUT2D eigenvalue weighted by atomic mass is 19.1. The van der Waals surface area contributed by atoms with Crippen molar-refractivity contribution in [2.75, 3.05) is 13.2 Å². The van der Waals surface area contributed by atoms with Gasteiger partial charge in [-0.3, -0.25) is 9.63 Å². The maximum atomic E-state index is 13.0. The molecule has 0 aliphatic carbocycles. The number of carbonyl (C=O) groups excluding carboxylic acids is 1. The highest BCUT2D eigenvalue weighted by Gasteiger charge is 2.45. The SMILES string of the molecule is C[C@]1(C(=O)N2OCC[C@H]2c2ccc(F)cc2)CCCO1. The fourth-order valence-electron chi connectivity index (χ4n) is 2.84. The van der Waals surface area contributed by atoms with Gasteiger partial charge in [0.2, 0.25) is 0 Å². The summed E-state index contributed by atoms with van der Waals surface area (Å²) in [6.07, 6.45) is 2.31. The summed E-state index contributed by atoms with van der Waals surface area (Å²) in [6, 6.07) is 6.05. The topological polar surface area (TPSA) is 38.8 Å². The van der Waals surface area contributed by atoms with Gasteiger partial charge in [0, 0.05) is 13.0 Å². The molecule has 0 saturated carbocycles. The quantitative estimate of drug-likeness (QED) is 0.835. The summed E-state index contributed by atoms with van der Waals surface area (Å²) in [5.74, 6) is -0.418. The fourth-order valence-corrected chi connectivity index (χ4v) is 2.84. The number of hydroxylamine groups is 2.